The van der Waals surface area contributed by atoms with Crippen molar-refractivity contribution in [2.45, 2.75) is 37.7 Å². The fraction of sp³-hybridized carbons (Fsp3) is 0.286. The lowest BCUT2D eigenvalue weighted by Gasteiger charge is -2.14. The lowest BCUT2D eigenvalue weighted by Crippen LogP contribution is -2.28. The van der Waals surface area contributed by atoms with Gasteiger partial charge in [-0.3, -0.25) is 4.79 Å². The van der Waals surface area contributed by atoms with Gasteiger partial charge in [0.25, 0.3) is 5.91 Å². The maximum atomic E-state index is 12.5. The van der Waals surface area contributed by atoms with Crippen LogP contribution in [0.25, 0.3) is 0 Å². The number of thioether (sulfide) groups is 1. The van der Waals surface area contributed by atoms with Gasteiger partial charge in [0.05, 0.1) is 6.04 Å². The predicted molar refractivity (Wildman–Crippen MR) is 109 cm³/mol. The van der Waals surface area contributed by atoms with Crippen LogP contribution >= 0.6 is 11.8 Å². The molecule has 27 heavy (non-hydrogen) atoms. The van der Waals surface area contributed by atoms with Gasteiger partial charge in [-0.15, -0.1) is 10.2 Å². The SMILES string of the molecule is Cc1ccc(CSc2nnc([C@H](C)NC(=O)c3cccc(C)c3)n2C)cc1. The third kappa shape index (κ3) is 4.77. The minimum Gasteiger partial charge on any atom is -0.342 e. The number of amides is 1. The van der Waals surface area contributed by atoms with E-state index in [9.17, 15) is 4.79 Å². The van der Waals surface area contributed by atoms with Crippen LogP contribution in [0.1, 0.15) is 45.8 Å². The summed E-state index contributed by atoms with van der Waals surface area (Å²) in [4.78, 5) is 12.5. The minimum atomic E-state index is -0.232. The number of aromatic nitrogens is 3. The molecule has 0 aliphatic carbocycles. The topological polar surface area (TPSA) is 59.8 Å². The highest BCUT2D eigenvalue weighted by Gasteiger charge is 2.18. The van der Waals surface area contributed by atoms with Gasteiger partial charge < -0.3 is 9.88 Å². The van der Waals surface area contributed by atoms with Gasteiger partial charge in [-0.25, -0.2) is 0 Å². The molecule has 1 atom stereocenters. The summed E-state index contributed by atoms with van der Waals surface area (Å²) in [6.45, 7) is 5.98. The number of benzene rings is 2. The van der Waals surface area contributed by atoms with Crippen LogP contribution in [-0.2, 0) is 12.8 Å². The summed E-state index contributed by atoms with van der Waals surface area (Å²) in [5, 5.41) is 12.4. The Morgan fingerprint density at radius 3 is 2.56 bits per heavy atom. The van der Waals surface area contributed by atoms with E-state index < -0.39 is 0 Å². The van der Waals surface area contributed by atoms with Crippen molar-refractivity contribution < 1.29 is 4.79 Å². The third-order valence-electron chi connectivity index (χ3n) is 4.37. The Kier molecular flexibility index (Phi) is 5.96. The Labute approximate surface area is 164 Å². The maximum absolute atomic E-state index is 12.5. The molecule has 0 radical (unpaired) electrons. The van der Waals surface area contributed by atoms with Gasteiger partial charge in [-0.05, 0) is 38.5 Å². The summed E-state index contributed by atoms with van der Waals surface area (Å²) in [7, 11) is 1.93. The van der Waals surface area contributed by atoms with Crippen LogP contribution in [0, 0.1) is 13.8 Å². The second-order valence-electron chi connectivity index (χ2n) is 6.74. The fourth-order valence-electron chi connectivity index (χ4n) is 2.79. The molecule has 1 aromatic heterocycles. The number of rotatable bonds is 6. The van der Waals surface area contributed by atoms with E-state index in [0.717, 1.165) is 22.3 Å². The number of hydrogen-bond acceptors (Lipinski definition) is 4. The molecule has 3 aromatic rings. The van der Waals surface area contributed by atoms with Crippen LogP contribution in [0.5, 0.6) is 0 Å². The molecule has 0 aliphatic heterocycles. The van der Waals surface area contributed by atoms with Gasteiger partial charge in [0.15, 0.2) is 11.0 Å². The van der Waals surface area contributed by atoms with Crippen LogP contribution in [0.2, 0.25) is 0 Å². The molecule has 1 heterocycles. The normalized spacial score (nSPS) is 12.0. The monoisotopic (exact) mass is 380 g/mol. The molecule has 0 spiro atoms. The number of nitrogens with zero attached hydrogens (tertiary/aromatic N) is 3. The molecular formula is C21H24N4OS. The highest BCUT2D eigenvalue weighted by Crippen LogP contribution is 2.23. The Morgan fingerprint density at radius 2 is 1.85 bits per heavy atom. The summed E-state index contributed by atoms with van der Waals surface area (Å²) in [5.41, 5.74) is 4.21. The highest BCUT2D eigenvalue weighted by molar-refractivity contribution is 7.98. The Hall–Kier alpha value is -2.60. The zero-order chi connectivity index (χ0) is 19.4. The van der Waals surface area contributed by atoms with Gasteiger partial charge in [0.2, 0.25) is 0 Å². The van der Waals surface area contributed by atoms with Gasteiger partial charge >= 0.3 is 0 Å². The van der Waals surface area contributed by atoms with Gasteiger partial charge in [-0.2, -0.15) is 0 Å². The summed E-state index contributed by atoms with van der Waals surface area (Å²) in [6.07, 6.45) is 0. The molecule has 0 bridgehead atoms. The average molecular weight is 381 g/mol. The van der Waals surface area contributed by atoms with E-state index in [0.29, 0.717) is 5.56 Å². The quantitative estimate of drug-likeness (QED) is 0.651. The smallest absolute Gasteiger partial charge is 0.251 e. The summed E-state index contributed by atoms with van der Waals surface area (Å²) in [5.74, 6) is 1.46. The fourth-order valence-corrected chi connectivity index (χ4v) is 3.67. The Morgan fingerprint density at radius 1 is 1.11 bits per heavy atom. The molecule has 140 valence electrons. The van der Waals surface area contributed by atoms with Crippen molar-refractivity contribution in [1.82, 2.24) is 20.1 Å². The van der Waals surface area contributed by atoms with Crippen molar-refractivity contribution in [3.05, 3.63) is 76.6 Å². The molecular weight excluding hydrogens is 356 g/mol. The van der Waals surface area contributed by atoms with E-state index in [1.807, 2.05) is 49.7 Å². The second kappa shape index (κ2) is 8.39. The first-order valence-electron chi connectivity index (χ1n) is 8.89. The standard InChI is InChI=1S/C21H24N4OS/c1-14-8-10-17(11-9-14)13-27-21-24-23-19(25(21)4)16(3)22-20(26)18-7-5-6-15(2)12-18/h5-12,16H,13H2,1-4H3,(H,22,26)/t16-/m0/s1. The Balaban J connectivity index is 1.65. The van der Waals surface area contributed by atoms with E-state index >= 15 is 0 Å². The maximum Gasteiger partial charge on any atom is 0.251 e. The molecule has 1 amide bonds. The summed E-state index contributed by atoms with van der Waals surface area (Å²) in [6, 6.07) is 15.8. The molecule has 0 fully saturated rings. The second-order valence-corrected chi connectivity index (χ2v) is 7.68. The zero-order valence-electron chi connectivity index (χ0n) is 16.1. The molecule has 1 N–H and O–H groups in total. The molecule has 5 nitrogen and oxygen atoms in total. The largest absolute Gasteiger partial charge is 0.342 e. The lowest BCUT2D eigenvalue weighted by atomic mass is 10.1. The van der Waals surface area contributed by atoms with Gasteiger partial charge in [0, 0.05) is 18.4 Å². The van der Waals surface area contributed by atoms with Crippen molar-refractivity contribution in [3.8, 4) is 0 Å². The van der Waals surface area contributed by atoms with Gasteiger partial charge in [-0.1, -0.05) is 59.3 Å². The molecule has 2 aromatic carbocycles. The van der Waals surface area contributed by atoms with Crippen LogP contribution in [0.3, 0.4) is 0 Å². The van der Waals surface area contributed by atoms with Crippen molar-refractivity contribution in [1.29, 1.82) is 0 Å². The van der Waals surface area contributed by atoms with E-state index in [2.05, 4.69) is 46.7 Å². The summed E-state index contributed by atoms with van der Waals surface area (Å²) >= 11 is 1.64. The van der Waals surface area contributed by atoms with E-state index in [-0.39, 0.29) is 11.9 Å². The first-order chi connectivity index (χ1) is 12.9. The predicted octanol–water partition coefficient (Wildman–Crippen LogP) is 4.22. The highest BCUT2D eigenvalue weighted by atomic mass is 32.2. The van der Waals surface area contributed by atoms with Crippen molar-refractivity contribution in [3.63, 3.8) is 0 Å². The van der Waals surface area contributed by atoms with Crippen LogP contribution in [-0.4, -0.2) is 20.7 Å². The molecule has 0 aliphatic rings. The van der Waals surface area contributed by atoms with E-state index in [1.165, 1.54) is 11.1 Å². The average Bonchev–Trinajstić information content (AvgIpc) is 3.02. The van der Waals surface area contributed by atoms with Crippen LogP contribution in [0.15, 0.2) is 53.7 Å². The number of carbonyl (C=O) groups excluding carboxylic acids is 1. The number of aryl methyl sites for hydroxylation is 2. The molecule has 0 unspecified atom stereocenters. The molecule has 6 heteroatoms. The van der Waals surface area contributed by atoms with Crippen LogP contribution < -0.4 is 5.32 Å². The van der Waals surface area contributed by atoms with Crippen LogP contribution in [0.4, 0.5) is 0 Å². The number of hydrogen-bond donors (Lipinski definition) is 1. The van der Waals surface area contributed by atoms with Crippen molar-refractivity contribution in [2.24, 2.45) is 7.05 Å². The third-order valence-corrected chi connectivity index (χ3v) is 5.46. The first-order valence-corrected chi connectivity index (χ1v) is 9.88. The van der Waals surface area contributed by atoms with Gasteiger partial charge in [0.1, 0.15) is 0 Å². The number of nitrogens with one attached hydrogen (secondary N) is 1. The first kappa shape index (κ1) is 19.2. The molecule has 0 saturated heterocycles. The van der Waals surface area contributed by atoms with E-state index in [1.54, 1.807) is 11.8 Å². The van der Waals surface area contributed by atoms with Crippen molar-refractivity contribution in [2.75, 3.05) is 0 Å². The van der Waals surface area contributed by atoms with Crippen molar-refractivity contribution >= 4 is 17.7 Å². The molecule has 3 rings (SSSR count). The number of carbonyl (C=O) groups is 1. The lowest BCUT2D eigenvalue weighted by molar-refractivity contribution is 0.0937. The Bertz CT molecular complexity index is 934. The summed E-state index contributed by atoms with van der Waals surface area (Å²) < 4.78 is 1.94. The zero-order valence-corrected chi connectivity index (χ0v) is 16.9. The molecule has 0 saturated carbocycles. The van der Waals surface area contributed by atoms with E-state index in [4.69, 9.17) is 0 Å². The minimum absolute atomic E-state index is 0.108.